The molecule has 0 unspecified atom stereocenters. The molecular formula is C15H11N3O5. The number of carbonyl (C=O) groups is 1. The summed E-state index contributed by atoms with van der Waals surface area (Å²) in [5.74, 6) is 0.658. The topological polar surface area (TPSA) is 117 Å². The van der Waals surface area contributed by atoms with Gasteiger partial charge in [-0.1, -0.05) is 0 Å². The van der Waals surface area contributed by atoms with E-state index in [9.17, 15) is 14.9 Å². The minimum Gasteiger partial charge on any atom is -0.465 e. The van der Waals surface area contributed by atoms with Crippen LogP contribution in [0.15, 0.2) is 42.5 Å². The number of nitriles is 1. The van der Waals surface area contributed by atoms with Crippen LogP contribution in [0.3, 0.4) is 0 Å². The number of ether oxygens (including phenoxy) is 1. The molecule has 1 amide bonds. The van der Waals surface area contributed by atoms with Crippen molar-refractivity contribution in [2.75, 3.05) is 11.9 Å². The van der Waals surface area contributed by atoms with Gasteiger partial charge in [0.05, 0.1) is 16.6 Å². The van der Waals surface area contributed by atoms with Gasteiger partial charge in [-0.15, -0.1) is 0 Å². The first-order valence-electron chi connectivity index (χ1n) is 6.35. The largest absolute Gasteiger partial charge is 0.465 e. The van der Waals surface area contributed by atoms with E-state index in [0.717, 1.165) is 4.90 Å². The Morgan fingerprint density at radius 1 is 1.26 bits per heavy atom. The van der Waals surface area contributed by atoms with Crippen molar-refractivity contribution in [1.29, 1.82) is 5.26 Å². The summed E-state index contributed by atoms with van der Waals surface area (Å²) < 4.78 is 5.53. The Labute approximate surface area is 130 Å². The van der Waals surface area contributed by atoms with Crippen LogP contribution >= 0.6 is 0 Å². The molecule has 0 fully saturated rings. The van der Waals surface area contributed by atoms with Gasteiger partial charge in [0.15, 0.2) is 0 Å². The van der Waals surface area contributed by atoms with Crippen molar-refractivity contribution in [3.63, 3.8) is 0 Å². The molecule has 0 saturated carbocycles. The number of benzene rings is 2. The maximum absolute atomic E-state index is 11.0. The third-order valence-electron chi connectivity index (χ3n) is 3.01. The Balaban J connectivity index is 2.36. The first-order chi connectivity index (χ1) is 10.9. The highest BCUT2D eigenvalue weighted by Gasteiger charge is 2.22. The van der Waals surface area contributed by atoms with Crippen LogP contribution in [0.4, 0.5) is 16.2 Å². The van der Waals surface area contributed by atoms with Crippen LogP contribution < -0.4 is 9.64 Å². The molecule has 1 N–H and O–H groups in total. The number of nitrogens with zero attached hydrogens (tertiary/aromatic N) is 3. The highest BCUT2D eigenvalue weighted by Crippen LogP contribution is 2.33. The monoisotopic (exact) mass is 313 g/mol. The highest BCUT2D eigenvalue weighted by molar-refractivity contribution is 5.89. The summed E-state index contributed by atoms with van der Waals surface area (Å²) >= 11 is 0. The van der Waals surface area contributed by atoms with Crippen molar-refractivity contribution in [3.05, 3.63) is 58.1 Å². The maximum Gasteiger partial charge on any atom is 0.411 e. The van der Waals surface area contributed by atoms with Crippen molar-refractivity contribution >= 4 is 17.5 Å². The first-order valence-corrected chi connectivity index (χ1v) is 6.35. The normalized spacial score (nSPS) is 9.74. The van der Waals surface area contributed by atoms with Gasteiger partial charge >= 0.3 is 6.09 Å². The molecule has 0 spiro atoms. The second-order valence-electron chi connectivity index (χ2n) is 4.49. The van der Waals surface area contributed by atoms with Gasteiger partial charge in [-0.3, -0.25) is 15.0 Å². The summed E-state index contributed by atoms with van der Waals surface area (Å²) in [5, 5.41) is 28.7. The quantitative estimate of drug-likeness (QED) is 0.683. The fourth-order valence-electron chi connectivity index (χ4n) is 1.83. The van der Waals surface area contributed by atoms with E-state index in [1.807, 2.05) is 6.07 Å². The number of carboxylic acid groups (broad SMARTS) is 1. The Kier molecular flexibility index (Phi) is 4.42. The fourth-order valence-corrected chi connectivity index (χ4v) is 1.83. The Bertz CT molecular complexity index is 796. The molecule has 0 saturated heterocycles. The van der Waals surface area contributed by atoms with E-state index in [0.29, 0.717) is 11.3 Å². The molecule has 0 aliphatic rings. The summed E-state index contributed by atoms with van der Waals surface area (Å²) in [5.41, 5.74) is 0.0167. The molecule has 0 heterocycles. The number of nitro benzene ring substituents is 1. The van der Waals surface area contributed by atoms with E-state index in [2.05, 4.69) is 0 Å². The molecule has 2 rings (SSSR count). The smallest absolute Gasteiger partial charge is 0.411 e. The van der Waals surface area contributed by atoms with Crippen molar-refractivity contribution in [2.45, 2.75) is 0 Å². The number of anilines is 1. The zero-order valence-corrected chi connectivity index (χ0v) is 12.0. The third-order valence-corrected chi connectivity index (χ3v) is 3.01. The van der Waals surface area contributed by atoms with Crippen LogP contribution in [0.1, 0.15) is 5.56 Å². The lowest BCUT2D eigenvalue weighted by molar-refractivity contribution is -0.384. The number of nitro groups is 1. The molecule has 0 atom stereocenters. The van der Waals surface area contributed by atoms with Gasteiger partial charge in [0.1, 0.15) is 17.2 Å². The second kappa shape index (κ2) is 6.44. The minimum atomic E-state index is -1.33. The standard InChI is InChI=1S/C15H11N3O5/c1-17(15(19)20)14-8-12(6-7-13(14)18(21)22)23-11-4-2-10(9-16)3-5-11/h2-8H,1H3,(H,19,20). The third kappa shape index (κ3) is 3.54. The Morgan fingerprint density at radius 2 is 1.87 bits per heavy atom. The van der Waals surface area contributed by atoms with Gasteiger partial charge in [-0.05, 0) is 30.3 Å². The lowest BCUT2D eigenvalue weighted by atomic mass is 10.2. The van der Waals surface area contributed by atoms with Crippen LogP contribution in [0, 0.1) is 21.4 Å². The minimum absolute atomic E-state index is 0.103. The van der Waals surface area contributed by atoms with Gasteiger partial charge in [0, 0.05) is 19.2 Å². The predicted octanol–water partition coefficient (Wildman–Crippen LogP) is 3.37. The molecule has 2 aromatic rings. The van der Waals surface area contributed by atoms with Crippen LogP contribution in [0.2, 0.25) is 0 Å². The average Bonchev–Trinajstić information content (AvgIpc) is 2.54. The summed E-state index contributed by atoms with van der Waals surface area (Å²) in [6.45, 7) is 0. The molecule has 8 nitrogen and oxygen atoms in total. The lowest BCUT2D eigenvalue weighted by Crippen LogP contribution is -2.24. The van der Waals surface area contributed by atoms with Gasteiger partial charge < -0.3 is 9.84 Å². The lowest BCUT2D eigenvalue weighted by Gasteiger charge is -2.14. The summed E-state index contributed by atoms with van der Waals surface area (Å²) in [4.78, 5) is 22.1. The molecule has 2 aromatic carbocycles. The number of hydrogen-bond acceptors (Lipinski definition) is 5. The molecule has 8 heteroatoms. The molecule has 0 aromatic heterocycles. The summed E-state index contributed by atoms with van der Waals surface area (Å²) in [7, 11) is 1.20. The molecular weight excluding hydrogens is 302 g/mol. The number of rotatable bonds is 4. The molecule has 0 aliphatic carbocycles. The molecule has 0 bridgehead atoms. The van der Waals surface area contributed by atoms with Gasteiger partial charge in [-0.25, -0.2) is 4.79 Å². The predicted molar refractivity (Wildman–Crippen MR) is 80.8 cm³/mol. The SMILES string of the molecule is CN(C(=O)O)c1cc(Oc2ccc(C#N)cc2)ccc1[N+](=O)[O-]. The maximum atomic E-state index is 11.0. The van der Waals surface area contributed by atoms with Crippen LogP contribution in [0.25, 0.3) is 0 Å². The van der Waals surface area contributed by atoms with Crippen LogP contribution in [-0.4, -0.2) is 23.2 Å². The van der Waals surface area contributed by atoms with E-state index in [1.54, 1.807) is 24.3 Å². The van der Waals surface area contributed by atoms with Crippen molar-refractivity contribution in [3.8, 4) is 17.6 Å². The second-order valence-corrected chi connectivity index (χ2v) is 4.49. The summed E-state index contributed by atoms with van der Waals surface area (Å²) in [6.07, 6.45) is -1.33. The fraction of sp³-hybridized carbons (Fsp3) is 0.0667. The van der Waals surface area contributed by atoms with Crippen LogP contribution in [0.5, 0.6) is 11.5 Å². The molecule has 0 aliphatic heterocycles. The van der Waals surface area contributed by atoms with Gasteiger partial charge in [-0.2, -0.15) is 5.26 Å². The Morgan fingerprint density at radius 3 is 2.39 bits per heavy atom. The van der Waals surface area contributed by atoms with E-state index >= 15 is 0 Å². The van der Waals surface area contributed by atoms with Gasteiger partial charge in [0.2, 0.25) is 0 Å². The number of amides is 1. The highest BCUT2D eigenvalue weighted by atomic mass is 16.6. The zero-order chi connectivity index (χ0) is 17.0. The van der Waals surface area contributed by atoms with Crippen molar-refractivity contribution in [1.82, 2.24) is 0 Å². The average molecular weight is 313 g/mol. The van der Waals surface area contributed by atoms with E-state index in [1.165, 1.54) is 25.2 Å². The molecule has 116 valence electrons. The van der Waals surface area contributed by atoms with Crippen molar-refractivity contribution < 1.29 is 19.6 Å². The van der Waals surface area contributed by atoms with E-state index in [4.69, 9.17) is 15.1 Å². The van der Waals surface area contributed by atoms with Crippen molar-refractivity contribution in [2.24, 2.45) is 0 Å². The van der Waals surface area contributed by atoms with E-state index < -0.39 is 11.0 Å². The first kappa shape index (κ1) is 15.8. The van der Waals surface area contributed by atoms with E-state index in [-0.39, 0.29) is 17.1 Å². The number of hydrogen-bond donors (Lipinski definition) is 1. The van der Waals surface area contributed by atoms with Crippen LogP contribution in [-0.2, 0) is 0 Å². The van der Waals surface area contributed by atoms with Gasteiger partial charge in [0.25, 0.3) is 5.69 Å². The Hall–Kier alpha value is -3.60. The zero-order valence-electron chi connectivity index (χ0n) is 12.0. The molecule has 23 heavy (non-hydrogen) atoms. The summed E-state index contributed by atoms with van der Waals surface area (Å²) in [6, 6.07) is 12.0. The molecule has 0 radical (unpaired) electrons.